The minimum Gasteiger partial charge on any atom is -0.331 e. The van der Waals surface area contributed by atoms with Crippen LogP contribution in [-0.2, 0) is 6.54 Å². The van der Waals surface area contributed by atoms with Gasteiger partial charge in [-0.25, -0.2) is 9.78 Å². The van der Waals surface area contributed by atoms with Gasteiger partial charge in [-0.2, -0.15) is 5.10 Å². The number of amides is 2. The Kier molecular flexibility index (Phi) is 3.07. The van der Waals surface area contributed by atoms with E-state index in [0.29, 0.717) is 18.1 Å². The predicted octanol–water partition coefficient (Wildman–Crippen LogP) is 0.521. The van der Waals surface area contributed by atoms with Crippen LogP contribution in [0.2, 0.25) is 0 Å². The van der Waals surface area contributed by atoms with Gasteiger partial charge in [-0.3, -0.25) is 10.1 Å². The van der Waals surface area contributed by atoms with E-state index < -0.39 is 0 Å². The van der Waals surface area contributed by atoms with E-state index in [1.807, 2.05) is 0 Å². The number of aromatic amines is 1. The van der Waals surface area contributed by atoms with Crippen LogP contribution in [0.5, 0.6) is 0 Å². The lowest BCUT2D eigenvalue weighted by Gasteiger charge is -2.05. The summed E-state index contributed by atoms with van der Waals surface area (Å²) >= 11 is 0. The van der Waals surface area contributed by atoms with Gasteiger partial charge < -0.3 is 10.6 Å². The molecule has 0 unspecified atom stereocenters. The molecule has 0 bridgehead atoms. The zero-order valence-electron chi connectivity index (χ0n) is 8.34. The quantitative estimate of drug-likeness (QED) is 0.699. The van der Waals surface area contributed by atoms with Crippen LogP contribution in [0.1, 0.15) is 5.82 Å². The second kappa shape index (κ2) is 4.87. The topological polar surface area (TPSA) is 95.6 Å². The molecule has 0 radical (unpaired) electrons. The highest BCUT2D eigenvalue weighted by atomic mass is 16.2. The molecule has 2 heterocycles. The predicted molar refractivity (Wildman–Crippen MR) is 56.5 cm³/mol. The van der Waals surface area contributed by atoms with Crippen LogP contribution >= 0.6 is 0 Å². The fraction of sp³-hybridized carbons (Fsp3) is 0.111. The third kappa shape index (κ3) is 2.77. The van der Waals surface area contributed by atoms with E-state index in [9.17, 15) is 4.79 Å². The molecule has 0 aromatic carbocycles. The van der Waals surface area contributed by atoms with Crippen LogP contribution in [0, 0.1) is 0 Å². The number of H-pyrrole nitrogens is 1. The first-order chi connectivity index (χ1) is 7.84. The number of hydrogen-bond acceptors (Lipinski definition) is 4. The molecule has 2 aromatic heterocycles. The van der Waals surface area contributed by atoms with Crippen LogP contribution in [0.25, 0.3) is 0 Å². The number of pyridine rings is 1. The molecule has 0 aliphatic heterocycles. The Morgan fingerprint density at radius 3 is 3.12 bits per heavy atom. The summed E-state index contributed by atoms with van der Waals surface area (Å²) in [5.41, 5.74) is 0.637. The minimum absolute atomic E-state index is 0.298. The molecule has 0 fully saturated rings. The van der Waals surface area contributed by atoms with Crippen molar-refractivity contribution in [3.05, 3.63) is 36.7 Å². The van der Waals surface area contributed by atoms with Gasteiger partial charge in [0.2, 0.25) is 0 Å². The number of aromatic nitrogens is 4. The Bertz CT molecular complexity index is 440. The Morgan fingerprint density at radius 2 is 2.44 bits per heavy atom. The van der Waals surface area contributed by atoms with E-state index in [0.717, 1.165) is 0 Å². The standard InChI is InChI=1S/C9H10N6O/c16-9(11-5-8-12-6-13-15-8)14-7-2-1-3-10-4-7/h1-4,6H,5H2,(H2,11,14,16)(H,12,13,15). The second-order valence-electron chi connectivity index (χ2n) is 2.98. The van der Waals surface area contributed by atoms with E-state index in [4.69, 9.17) is 0 Å². The van der Waals surface area contributed by atoms with Gasteiger partial charge in [-0.1, -0.05) is 0 Å². The minimum atomic E-state index is -0.315. The number of urea groups is 1. The molecule has 0 aliphatic rings. The number of rotatable bonds is 3. The maximum atomic E-state index is 11.4. The van der Waals surface area contributed by atoms with E-state index in [1.54, 1.807) is 24.5 Å². The van der Waals surface area contributed by atoms with Crippen molar-refractivity contribution in [1.29, 1.82) is 0 Å². The molecule has 0 saturated carbocycles. The fourth-order valence-corrected chi connectivity index (χ4v) is 1.09. The van der Waals surface area contributed by atoms with Crippen molar-refractivity contribution >= 4 is 11.7 Å². The Labute approximate surface area is 91.3 Å². The number of carbonyl (C=O) groups excluding carboxylic acids is 1. The lowest BCUT2D eigenvalue weighted by Crippen LogP contribution is -2.28. The summed E-state index contributed by atoms with van der Waals surface area (Å²) in [5.74, 6) is 0.598. The molecular weight excluding hydrogens is 208 g/mol. The summed E-state index contributed by atoms with van der Waals surface area (Å²) in [7, 11) is 0. The molecule has 7 heteroatoms. The molecule has 0 spiro atoms. The molecular formula is C9H10N6O. The van der Waals surface area contributed by atoms with Crippen LogP contribution in [0.3, 0.4) is 0 Å². The van der Waals surface area contributed by atoms with Gasteiger partial charge >= 0.3 is 6.03 Å². The van der Waals surface area contributed by atoms with E-state index in [1.165, 1.54) is 6.33 Å². The van der Waals surface area contributed by atoms with Gasteiger partial charge in [0.05, 0.1) is 18.4 Å². The van der Waals surface area contributed by atoms with Crippen molar-refractivity contribution in [2.24, 2.45) is 0 Å². The van der Waals surface area contributed by atoms with Gasteiger partial charge in [0, 0.05) is 6.20 Å². The van der Waals surface area contributed by atoms with Crippen molar-refractivity contribution in [1.82, 2.24) is 25.5 Å². The summed E-state index contributed by atoms with van der Waals surface area (Å²) in [4.78, 5) is 19.1. The summed E-state index contributed by atoms with van der Waals surface area (Å²) in [6.07, 6.45) is 4.58. The molecule has 0 aliphatic carbocycles. The molecule has 2 aromatic rings. The number of nitrogens with one attached hydrogen (secondary N) is 3. The third-order valence-corrected chi connectivity index (χ3v) is 1.80. The Morgan fingerprint density at radius 1 is 1.50 bits per heavy atom. The van der Waals surface area contributed by atoms with E-state index in [-0.39, 0.29) is 6.03 Å². The number of hydrogen-bond donors (Lipinski definition) is 3. The molecule has 82 valence electrons. The molecule has 2 rings (SSSR count). The molecule has 0 saturated heterocycles. The Balaban J connectivity index is 1.81. The third-order valence-electron chi connectivity index (χ3n) is 1.80. The first-order valence-electron chi connectivity index (χ1n) is 4.64. The zero-order valence-corrected chi connectivity index (χ0v) is 8.34. The average Bonchev–Trinajstić information content (AvgIpc) is 2.81. The lowest BCUT2D eigenvalue weighted by atomic mass is 10.4. The smallest absolute Gasteiger partial charge is 0.319 e. The number of anilines is 1. The van der Waals surface area contributed by atoms with E-state index >= 15 is 0 Å². The second-order valence-corrected chi connectivity index (χ2v) is 2.98. The van der Waals surface area contributed by atoms with Crippen molar-refractivity contribution in [3.63, 3.8) is 0 Å². The van der Waals surface area contributed by atoms with Crippen LogP contribution < -0.4 is 10.6 Å². The maximum absolute atomic E-state index is 11.4. The average molecular weight is 218 g/mol. The van der Waals surface area contributed by atoms with Gasteiger partial charge in [0.1, 0.15) is 12.2 Å². The number of carbonyl (C=O) groups is 1. The van der Waals surface area contributed by atoms with Crippen molar-refractivity contribution < 1.29 is 4.79 Å². The van der Waals surface area contributed by atoms with Crippen LogP contribution in [-0.4, -0.2) is 26.2 Å². The summed E-state index contributed by atoms with van der Waals surface area (Å²) in [5, 5.41) is 11.6. The summed E-state index contributed by atoms with van der Waals surface area (Å²) < 4.78 is 0. The number of nitrogens with zero attached hydrogens (tertiary/aromatic N) is 3. The molecule has 2 amide bonds. The van der Waals surface area contributed by atoms with Gasteiger partial charge in [0.15, 0.2) is 0 Å². The summed E-state index contributed by atoms with van der Waals surface area (Å²) in [6.45, 7) is 0.298. The highest BCUT2D eigenvalue weighted by Gasteiger charge is 2.02. The Hall–Kier alpha value is -2.44. The SMILES string of the molecule is O=C(NCc1ncn[nH]1)Nc1cccnc1. The molecule has 3 N–H and O–H groups in total. The zero-order chi connectivity index (χ0) is 11.2. The van der Waals surface area contributed by atoms with Crippen LogP contribution in [0.4, 0.5) is 10.5 Å². The van der Waals surface area contributed by atoms with Crippen molar-refractivity contribution in [3.8, 4) is 0 Å². The highest BCUT2D eigenvalue weighted by molar-refractivity contribution is 5.88. The van der Waals surface area contributed by atoms with Gasteiger partial charge in [-0.05, 0) is 12.1 Å². The largest absolute Gasteiger partial charge is 0.331 e. The monoisotopic (exact) mass is 218 g/mol. The maximum Gasteiger partial charge on any atom is 0.319 e. The molecule has 16 heavy (non-hydrogen) atoms. The molecule has 7 nitrogen and oxygen atoms in total. The summed E-state index contributed by atoms with van der Waals surface area (Å²) in [6, 6.07) is 3.18. The first kappa shape index (κ1) is 10.1. The van der Waals surface area contributed by atoms with Crippen molar-refractivity contribution in [2.75, 3.05) is 5.32 Å². The lowest BCUT2D eigenvalue weighted by molar-refractivity contribution is 0.251. The van der Waals surface area contributed by atoms with Crippen molar-refractivity contribution in [2.45, 2.75) is 6.54 Å². The molecule has 0 atom stereocenters. The fourth-order valence-electron chi connectivity index (χ4n) is 1.09. The van der Waals surface area contributed by atoms with Crippen LogP contribution in [0.15, 0.2) is 30.9 Å². The van der Waals surface area contributed by atoms with Gasteiger partial charge in [0.25, 0.3) is 0 Å². The normalized spacial score (nSPS) is 9.75. The van der Waals surface area contributed by atoms with Gasteiger partial charge in [-0.15, -0.1) is 0 Å². The first-order valence-corrected chi connectivity index (χ1v) is 4.64. The highest BCUT2D eigenvalue weighted by Crippen LogP contribution is 2.01. The van der Waals surface area contributed by atoms with E-state index in [2.05, 4.69) is 30.8 Å².